The Balaban J connectivity index is 1.24. The monoisotopic (exact) mass is 484 g/mol. The number of hydrogen-bond acceptors (Lipinski definition) is 4. The lowest BCUT2D eigenvalue weighted by atomic mass is 10.0. The molecule has 0 aromatic heterocycles. The summed E-state index contributed by atoms with van der Waals surface area (Å²) in [7, 11) is 0. The minimum atomic E-state index is -0.472. The second-order valence-electron chi connectivity index (χ2n) is 8.81. The van der Waals surface area contributed by atoms with Crippen LogP contribution in [0.25, 0.3) is 0 Å². The molecule has 7 heteroatoms. The Hall–Kier alpha value is -4.13. The SMILES string of the molecule is O=C(CC(NC(=O)c1ccccc1)c1ccccc1)NCCC(=O)N1CCN(c2ccccc2)CC1. The summed E-state index contributed by atoms with van der Waals surface area (Å²) in [6, 6.07) is 28.1. The Morgan fingerprint density at radius 3 is 1.97 bits per heavy atom. The van der Waals surface area contributed by atoms with E-state index in [1.54, 1.807) is 24.3 Å². The number of carbonyl (C=O) groups excluding carboxylic acids is 3. The second kappa shape index (κ2) is 12.5. The van der Waals surface area contributed by atoms with Crippen molar-refractivity contribution in [1.82, 2.24) is 15.5 Å². The molecule has 1 aliphatic heterocycles. The van der Waals surface area contributed by atoms with E-state index in [1.807, 2.05) is 59.5 Å². The summed E-state index contributed by atoms with van der Waals surface area (Å²) in [4.78, 5) is 42.2. The molecule has 1 saturated heterocycles. The van der Waals surface area contributed by atoms with Gasteiger partial charge in [0.25, 0.3) is 5.91 Å². The van der Waals surface area contributed by atoms with Crippen molar-refractivity contribution in [2.45, 2.75) is 18.9 Å². The molecular formula is C29H32N4O3. The largest absolute Gasteiger partial charge is 0.368 e. The van der Waals surface area contributed by atoms with E-state index < -0.39 is 6.04 Å². The zero-order chi connectivity index (χ0) is 25.2. The third kappa shape index (κ3) is 6.95. The lowest BCUT2D eigenvalue weighted by molar-refractivity contribution is -0.131. The molecule has 7 nitrogen and oxygen atoms in total. The smallest absolute Gasteiger partial charge is 0.251 e. The Labute approximate surface area is 212 Å². The average molecular weight is 485 g/mol. The van der Waals surface area contributed by atoms with Crippen molar-refractivity contribution in [3.63, 3.8) is 0 Å². The van der Waals surface area contributed by atoms with Crippen molar-refractivity contribution in [2.24, 2.45) is 0 Å². The van der Waals surface area contributed by atoms with Gasteiger partial charge in [-0.25, -0.2) is 0 Å². The van der Waals surface area contributed by atoms with E-state index in [0.29, 0.717) is 18.7 Å². The minimum absolute atomic E-state index is 0.0417. The van der Waals surface area contributed by atoms with Crippen molar-refractivity contribution in [3.8, 4) is 0 Å². The summed E-state index contributed by atoms with van der Waals surface area (Å²) < 4.78 is 0. The van der Waals surface area contributed by atoms with E-state index in [-0.39, 0.29) is 37.1 Å². The summed E-state index contributed by atoms with van der Waals surface area (Å²) in [5.41, 5.74) is 2.56. The van der Waals surface area contributed by atoms with Crippen molar-refractivity contribution < 1.29 is 14.4 Å². The van der Waals surface area contributed by atoms with E-state index in [0.717, 1.165) is 18.7 Å². The van der Waals surface area contributed by atoms with Crippen LogP contribution in [-0.2, 0) is 9.59 Å². The highest BCUT2D eigenvalue weighted by atomic mass is 16.2. The summed E-state index contributed by atoms with van der Waals surface area (Å²) >= 11 is 0. The lowest BCUT2D eigenvalue weighted by Crippen LogP contribution is -2.49. The molecule has 3 aromatic carbocycles. The van der Waals surface area contributed by atoms with Crippen LogP contribution in [0.1, 0.15) is 34.8 Å². The number of hydrogen-bond donors (Lipinski definition) is 2. The molecule has 1 unspecified atom stereocenters. The van der Waals surface area contributed by atoms with Crippen molar-refractivity contribution >= 4 is 23.4 Å². The zero-order valence-electron chi connectivity index (χ0n) is 20.3. The van der Waals surface area contributed by atoms with Crippen LogP contribution in [0.5, 0.6) is 0 Å². The topological polar surface area (TPSA) is 81.8 Å². The van der Waals surface area contributed by atoms with Crippen LogP contribution in [-0.4, -0.2) is 55.3 Å². The number of amides is 3. The molecule has 36 heavy (non-hydrogen) atoms. The first-order valence-corrected chi connectivity index (χ1v) is 12.4. The van der Waals surface area contributed by atoms with Crippen LogP contribution < -0.4 is 15.5 Å². The fourth-order valence-electron chi connectivity index (χ4n) is 4.35. The van der Waals surface area contributed by atoms with Crippen LogP contribution in [0.3, 0.4) is 0 Å². The van der Waals surface area contributed by atoms with Gasteiger partial charge in [-0.15, -0.1) is 0 Å². The maximum Gasteiger partial charge on any atom is 0.251 e. The number of benzene rings is 3. The van der Waals surface area contributed by atoms with Crippen LogP contribution in [0.2, 0.25) is 0 Å². The van der Waals surface area contributed by atoms with Gasteiger partial charge in [-0.05, 0) is 29.8 Å². The third-order valence-corrected chi connectivity index (χ3v) is 6.35. The van der Waals surface area contributed by atoms with Crippen molar-refractivity contribution in [2.75, 3.05) is 37.6 Å². The number of anilines is 1. The summed E-state index contributed by atoms with van der Waals surface area (Å²) in [6.07, 6.45) is 0.343. The normalized spacial score (nSPS) is 14.1. The summed E-state index contributed by atoms with van der Waals surface area (Å²) in [5.74, 6) is -0.402. The summed E-state index contributed by atoms with van der Waals surface area (Å²) in [5, 5.41) is 5.82. The molecule has 0 spiro atoms. The highest BCUT2D eigenvalue weighted by Crippen LogP contribution is 2.18. The number of piperazine rings is 1. The number of rotatable bonds is 9. The average Bonchev–Trinajstić information content (AvgIpc) is 2.94. The quantitative estimate of drug-likeness (QED) is 0.488. The molecule has 4 rings (SSSR count). The van der Waals surface area contributed by atoms with Crippen LogP contribution in [0.4, 0.5) is 5.69 Å². The van der Waals surface area contributed by atoms with Crippen molar-refractivity contribution in [1.29, 1.82) is 0 Å². The van der Waals surface area contributed by atoms with Gasteiger partial charge in [0.1, 0.15) is 0 Å². The van der Waals surface area contributed by atoms with Gasteiger partial charge in [-0.2, -0.15) is 0 Å². The standard InChI is InChI=1S/C29H32N4O3/c34-27(22-26(23-10-4-1-5-11-23)31-29(36)24-12-6-2-7-13-24)30-17-16-28(35)33-20-18-32(19-21-33)25-14-8-3-9-15-25/h1-15,26H,16-22H2,(H,30,34)(H,31,36). The van der Waals surface area contributed by atoms with E-state index in [4.69, 9.17) is 0 Å². The van der Waals surface area contributed by atoms with E-state index in [9.17, 15) is 14.4 Å². The molecule has 0 saturated carbocycles. The second-order valence-corrected chi connectivity index (χ2v) is 8.81. The van der Waals surface area contributed by atoms with Crippen LogP contribution in [0.15, 0.2) is 91.0 Å². The van der Waals surface area contributed by atoms with Gasteiger partial charge in [0.05, 0.1) is 12.5 Å². The first-order valence-electron chi connectivity index (χ1n) is 12.4. The maximum atomic E-state index is 12.7. The number of nitrogens with zero attached hydrogens (tertiary/aromatic N) is 2. The van der Waals surface area contributed by atoms with Gasteiger partial charge in [0, 0.05) is 50.4 Å². The molecule has 1 heterocycles. The molecule has 3 amide bonds. The highest BCUT2D eigenvalue weighted by Gasteiger charge is 2.22. The summed E-state index contributed by atoms with van der Waals surface area (Å²) in [6.45, 7) is 3.20. The maximum absolute atomic E-state index is 12.7. The molecule has 3 aromatic rings. The Bertz CT molecular complexity index is 1130. The molecule has 2 N–H and O–H groups in total. The number of para-hydroxylation sites is 1. The van der Waals surface area contributed by atoms with E-state index >= 15 is 0 Å². The molecule has 1 fully saturated rings. The first-order chi connectivity index (χ1) is 17.6. The minimum Gasteiger partial charge on any atom is -0.368 e. The molecule has 1 atom stereocenters. The van der Waals surface area contributed by atoms with Crippen molar-refractivity contribution in [3.05, 3.63) is 102 Å². The fourth-order valence-corrected chi connectivity index (χ4v) is 4.35. The van der Waals surface area contributed by atoms with E-state index in [2.05, 4.69) is 27.7 Å². The third-order valence-electron chi connectivity index (χ3n) is 6.35. The number of carbonyl (C=O) groups is 3. The Morgan fingerprint density at radius 2 is 1.33 bits per heavy atom. The van der Waals surface area contributed by atoms with Gasteiger partial charge in [-0.1, -0.05) is 66.7 Å². The lowest BCUT2D eigenvalue weighted by Gasteiger charge is -2.36. The molecule has 0 bridgehead atoms. The Morgan fingerprint density at radius 1 is 0.750 bits per heavy atom. The predicted molar refractivity (Wildman–Crippen MR) is 141 cm³/mol. The van der Waals surface area contributed by atoms with Gasteiger partial charge in [0.15, 0.2) is 0 Å². The molecule has 0 radical (unpaired) electrons. The molecular weight excluding hydrogens is 452 g/mol. The predicted octanol–water partition coefficient (Wildman–Crippen LogP) is 3.40. The molecule has 186 valence electrons. The Kier molecular flexibility index (Phi) is 8.70. The van der Waals surface area contributed by atoms with Crippen LogP contribution >= 0.6 is 0 Å². The van der Waals surface area contributed by atoms with E-state index in [1.165, 1.54) is 5.69 Å². The molecule has 0 aliphatic carbocycles. The molecule has 1 aliphatic rings. The van der Waals surface area contributed by atoms with Gasteiger partial charge >= 0.3 is 0 Å². The highest BCUT2D eigenvalue weighted by molar-refractivity contribution is 5.94. The first kappa shape index (κ1) is 25.0. The number of nitrogens with one attached hydrogen (secondary N) is 2. The zero-order valence-corrected chi connectivity index (χ0v) is 20.3. The van der Waals surface area contributed by atoms with Gasteiger partial charge in [0.2, 0.25) is 11.8 Å². The fraction of sp³-hybridized carbons (Fsp3) is 0.276. The van der Waals surface area contributed by atoms with Gasteiger partial charge in [-0.3, -0.25) is 14.4 Å². The van der Waals surface area contributed by atoms with Gasteiger partial charge < -0.3 is 20.4 Å². The van der Waals surface area contributed by atoms with Crippen LogP contribution in [0, 0.1) is 0 Å².